The Morgan fingerprint density at radius 3 is 2.52 bits per heavy atom. The van der Waals surface area contributed by atoms with E-state index < -0.39 is 5.91 Å². The van der Waals surface area contributed by atoms with Gasteiger partial charge in [-0.1, -0.05) is 12.1 Å². The van der Waals surface area contributed by atoms with Crippen LogP contribution in [-0.2, 0) is 9.53 Å². The molecule has 0 radical (unpaired) electrons. The Kier molecular flexibility index (Phi) is 4.80. The molecule has 0 bridgehead atoms. The Hall–Kier alpha value is -2.08. The predicted molar refractivity (Wildman–Crippen MR) is 77.0 cm³/mol. The number of carbonyl (C=O) groups is 2. The Bertz CT molecular complexity index is 522. The van der Waals surface area contributed by atoms with Crippen LogP contribution in [-0.4, -0.2) is 48.6 Å². The molecule has 1 saturated heterocycles. The molecule has 6 heteroatoms. The topological polar surface area (TPSA) is 81.9 Å². The Labute approximate surface area is 123 Å². The summed E-state index contributed by atoms with van der Waals surface area (Å²) in [6, 6.07) is 6.62. The van der Waals surface area contributed by atoms with E-state index in [1.54, 1.807) is 29.2 Å². The fraction of sp³-hybridized carbons (Fsp3) is 0.467. The predicted octanol–water partition coefficient (Wildman–Crippen LogP) is 0.800. The second-order valence-electron chi connectivity index (χ2n) is 5.21. The number of hydrogen-bond acceptors (Lipinski definition) is 4. The first-order valence-electron chi connectivity index (χ1n) is 6.92. The zero-order valence-electron chi connectivity index (χ0n) is 12.2. The molecule has 0 saturated carbocycles. The molecular weight excluding hydrogens is 272 g/mol. The van der Waals surface area contributed by atoms with Crippen molar-refractivity contribution in [3.63, 3.8) is 0 Å². The van der Waals surface area contributed by atoms with Crippen molar-refractivity contribution in [2.75, 3.05) is 19.7 Å². The molecule has 2 atom stereocenters. The van der Waals surface area contributed by atoms with E-state index in [1.165, 1.54) is 0 Å². The number of carbonyl (C=O) groups excluding carboxylic acids is 2. The molecule has 0 spiro atoms. The van der Waals surface area contributed by atoms with E-state index in [-0.39, 0.29) is 30.3 Å². The summed E-state index contributed by atoms with van der Waals surface area (Å²) < 4.78 is 11.0. The molecule has 6 nitrogen and oxygen atoms in total. The third-order valence-corrected chi connectivity index (χ3v) is 3.28. The van der Waals surface area contributed by atoms with Gasteiger partial charge in [0.1, 0.15) is 5.75 Å². The van der Waals surface area contributed by atoms with Crippen molar-refractivity contribution in [2.45, 2.75) is 26.1 Å². The number of ether oxygens (including phenoxy) is 2. The molecule has 1 aromatic carbocycles. The number of nitrogens with two attached hydrogens (primary N) is 1. The van der Waals surface area contributed by atoms with Crippen molar-refractivity contribution < 1.29 is 19.1 Å². The van der Waals surface area contributed by atoms with Gasteiger partial charge in [0.05, 0.1) is 17.8 Å². The standard InChI is InChI=1S/C15H20N2O4/c1-10-7-17(8-11(2)21-10)14(18)9-20-13-6-4-3-5-12(13)15(16)19/h3-6,10-11H,7-9H2,1-2H3,(H2,16,19)/t10-,11+. The summed E-state index contributed by atoms with van der Waals surface area (Å²) in [5.41, 5.74) is 5.54. The van der Waals surface area contributed by atoms with Crippen LogP contribution >= 0.6 is 0 Å². The van der Waals surface area contributed by atoms with E-state index in [4.69, 9.17) is 15.2 Å². The van der Waals surface area contributed by atoms with Gasteiger partial charge in [-0.15, -0.1) is 0 Å². The smallest absolute Gasteiger partial charge is 0.260 e. The lowest BCUT2D eigenvalue weighted by Gasteiger charge is -2.35. The molecule has 0 aliphatic carbocycles. The molecule has 114 valence electrons. The zero-order valence-corrected chi connectivity index (χ0v) is 12.2. The summed E-state index contributed by atoms with van der Waals surface area (Å²) in [6.07, 6.45) is 0.0196. The van der Waals surface area contributed by atoms with Crippen LogP contribution in [0.15, 0.2) is 24.3 Å². The van der Waals surface area contributed by atoms with E-state index in [0.29, 0.717) is 18.8 Å². The first-order chi connectivity index (χ1) is 9.97. The lowest BCUT2D eigenvalue weighted by molar-refractivity contribution is -0.145. The van der Waals surface area contributed by atoms with Gasteiger partial charge in [0.2, 0.25) is 0 Å². The van der Waals surface area contributed by atoms with Gasteiger partial charge in [0.15, 0.2) is 6.61 Å². The van der Waals surface area contributed by atoms with Gasteiger partial charge in [-0.3, -0.25) is 9.59 Å². The van der Waals surface area contributed by atoms with Crippen LogP contribution in [0.3, 0.4) is 0 Å². The maximum absolute atomic E-state index is 12.2. The fourth-order valence-corrected chi connectivity index (χ4v) is 2.41. The van der Waals surface area contributed by atoms with Gasteiger partial charge < -0.3 is 20.1 Å². The highest BCUT2D eigenvalue weighted by molar-refractivity contribution is 5.95. The number of hydrogen-bond donors (Lipinski definition) is 1. The number of primary amides is 1. The highest BCUT2D eigenvalue weighted by Crippen LogP contribution is 2.17. The third-order valence-electron chi connectivity index (χ3n) is 3.28. The molecule has 1 heterocycles. The summed E-state index contributed by atoms with van der Waals surface area (Å²) in [6.45, 7) is 4.83. The second-order valence-corrected chi connectivity index (χ2v) is 5.21. The van der Waals surface area contributed by atoms with E-state index in [1.807, 2.05) is 13.8 Å². The highest BCUT2D eigenvalue weighted by atomic mass is 16.5. The average Bonchev–Trinajstić information content (AvgIpc) is 2.43. The summed E-state index contributed by atoms with van der Waals surface area (Å²) in [5.74, 6) is -0.379. The minimum absolute atomic E-state index is 0.00982. The van der Waals surface area contributed by atoms with Crippen LogP contribution in [0.5, 0.6) is 5.75 Å². The van der Waals surface area contributed by atoms with E-state index in [2.05, 4.69) is 0 Å². The van der Waals surface area contributed by atoms with Crippen LogP contribution in [0.25, 0.3) is 0 Å². The van der Waals surface area contributed by atoms with E-state index >= 15 is 0 Å². The van der Waals surface area contributed by atoms with Crippen LogP contribution in [0.2, 0.25) is 0 Å². The Morgan fingerprint density at radius 2 is 1.90 bits per heavy atom. The van der Waals surface area contributed by atoms with Crippen molar-refractivity contribution in [3.8, 4) is 5.75 Å². The molecule has 1 aliphatic rings. The SMILES string of the molecule is C[C@@H]1CN(C(=O)COc2ccccc2C(N)=O)C[C@H](C)O1. The second kappa shape index (κ2) is 6.58. The minimum Gasteiger partial charge on any atom is -0.483 e. The average molecular weight is 292 g/mol. The summed E-state index contributed by atoms with van der Waals surface area (Å²) >= 11 is 0. The number of para-hydroxylation sites is 1. The number of benzene rings is 1. The number of nitrogens with zero attached hydrogens (tertiary/aromatic N) is 1. The first kappa shape index (κ1) is 15.3. The molecule has 0 aromatic heterocycles. The molecule has 1 fully saturated rings. The van der Waals surface area contributed by atoms with Crippen LogP contribution in [0, 0.1) is 0 Å². The lowest BCUT2D eigenvalue weighted by atomic mass is 10.2. The van der Waals surface area contributed by atoms with Crippen LogP contribution in [0.1, 0.15) is 24.2 Å². The van der Waals surface area contributed by atoms with Crippen molar-refractivity contribution in [3.05, 3.63) is 29.8 Å². The van der Waals surface area contributed by atoms with Crippen molar-refractivity contribution in [1.29, 1.82) is 0 Å². The molecule has 2 rings (SSSR count). The molecule has 21 heavy (non-hydrogen) atoms. The highest BCUT2D eigenvalue weighted by Gasteiger charge is 2.26. The van der Waals surface area contributed by atoms with Gasteiger partial charge in [-0.05, 0) is 26.0 Å². The van der Waals surface area contributed by atoms with Gasteiger partial charge >= 0.3 is 0 Å². The number of morpholine rings is 1. The lowest BCUT2D eigenvalue weighted by Crippen LogP contribution is -2.49. The molecule has 1 aliphatic heterocycles. The largest absolute Gasteiger partial charge is 0.483 e. The maximum atomic E-state index is 12.2. The van der Waals surface area contributed by atoms with Gasteiger partial charge in [0.25, 0.3) is 11.8 Å². The monoisotopic (exact) mass is 292 g/mol. The molecular formula is C15H20N2O4. The van der Waals surface area contributed by atoms with Gasteiger partial charge in [-0.2, -0.15) is 0 Å². The van der Waals surface area contributed by atoms with Crippen molar-refractivity contribution in [2.24, 2.45) is 5.73 Å². The Morgan fingerprint density at radius 1 is 1.29 bits per heavy atom. The van der Waals surface area contributed by atoms with Crippen molar-refractivity contribution >= 4 is 11.8 Å². The molecule has 0 unspecified atom stereocenters. The van der Waals surface area contributed by atoms with E-state index in [9.17, 15) is 9.59 Å². The minimum atomic E-state index is -0.577. The number of rotatable bonds is 4. The zero-order chi connectivity index (χ0) is 15.4. The third kappa shape index (κ3) is 3.95. The van der Waals surface area contributed by atoms with E-state index in [0.717, 1.165) is 0 Å². The van der Waals surface area contributed by atoms with Crippen LogP contribution < -0.4 is 10.5 Å². The van der Waals surface area contributed by atoms with Gasteiger partial charge in [-0.25, -0.2) is 0 Å². The van der Waals surface area contributed by atoms with Crippen molar-refractivity contribution in [1.82, 2.24) is 4.90 Å². The van der Waals surface area contributed by atoms with Gasteiger partial charge in [0, 0.05) is 13.1 Å². The van der Waals surface area contributed by atoms with Crippen LogP contribution in [0.4, 0.5) is 0 Å². The first-order valence-corrected chi connectivity index (χ1v) is 6.92. The summed E-state index contributed by atoms with van der Waals surface area (Å²) in [5, 5.41) is 0. The maximum Gasteiger partial charge on any atom is 0.260 e. The summed E-state index contributed by atoms with van der Waals surface area (Å²) in [4.78, 5) is 25.2. The quantitative estimate of drug-likeness (QED) is 0.890. The molecule has 1 aromatic rings. The normalized spacial score (nSPS) is 21.9. The Balaban J connectivity index is 1.97. The summed E-state index contributed by atoms with van der Waals surface area (Å²) in [7, 11) is 0. The molecule has 2 amide bonds. The molecule has 2 N–H and O–H groups in total. The number of amides is 2. The fourth-order valence-electron chi connectivity index (χ4n) is 2.41.